The van der Waals surface area contributed by atoms with Crippen LogP contribution in [0.1, 0.15) is 18.5 Å². The van der Waals surface area contributed by atoms with Crippen molar-refractivity contribution in [1.29, 1.82) is 0 Å². The minimum absolute atomic E-state index is 0.0155. The number of methoxy groups -OCH3 is 2. The van der Waals surface area contributed by atoms with E-state index in [4.69, 9.17) is 9.47 Å². The third-order valence-corrected chi connectivity index (χ3v) is 4.57. The fraction of sp³-hybridized carbons (Fsp3) is 0.421. The van der Waals surface area contributed by atoms with Crippen molar-refractivity contribution in [3.05, 3.63) is 36.0 Å². The molecule has 2 aromatic rings. The van der Waals surface area contributed by atoms with Crippen LogP contribution in [0.25, 0.3) is 0 Å². The molecule has 1 aliphatic rings. The highest BCUT2D eigenvalue weighted by Gasteiger charge is 2.27. The lowest BCUT2D eigenvalue weighted by atomic mass is 9.97. The number of nitrogens with zero attached hydrogens (tertiary/aromatic N) is 3. The summed E-state index contributed by atoms with van der Waals surface area (Å²) in [4.78, 5) is 14.9. The first kappa shape index (κ1) is 18.0. The van der Waals surface area contributed by atoms with E-state index in [1.165, 1.54) is 0 Å². The first-order chi connectivity index (χ1) is 12.6. The summed E-state index contributed by atoms with van der Waals surface area (Å²) >= 11 is 0. The van der Waals surface area contributed by atoms with E-state index in [0.29, 0.717) is 23.7 Å². The summed E-state index contributed by atoms with van der Waals surface area (Å²) in [6.07, 6.45) is 1.79. The minimum atomic E-state index is -0.112. The molecule has 1 amide bonds. The third-order valence-electron chi connectivity index (χ3n) is 4.57. The Kier molecular flexibility index (Phi) is 5.55. The molecule has 1 unspecified atom stereocenters. The first-order valence-corrected chi connectivity index (χ1v) is 8.69. The van der Waals surface area contributed by atoms with Gasteiger partial charge in [-0.2, -0.15) is 5.10 Å². The fourth-order valence-corrected chi connectivity index (χ4v) is 3.10. The molecule has 0 radical (unpaired) electrons. The molecular formula is C19H24N4O3. The molecule has 1 atom stereocenters. The van der Waals surface area contributed by atoms with Gasteiger partial charge in [0.1, 0.15) is 11.5 Å². The van der Waals surface area contributed by atoms with Crippen molar-refractivity contribution in [2.75, 3.05) is 37.5 Å². The van der Waals surface area contributed by atoms with Crippen LogP contribution in [0.2, 0.25) is 0 Å². The molecular weight excluding hydrogens is 332 g/mol. The standard InChI is InChI=1S/C19H24N4O3/c1-13-6-9-18(22-21-13)23-10-4-5-14(12-23)19(24)20-16-8-7-15(25-2)11-17(16)26-3/h6-9,11,14H,4-5,10,12H2,1-3H3,(H,20,24). The van der Waals surface area contributed by atoms with E-state index in [0.717, 1.165) is 30.9 Å². The maximum Gasteiger partial charge on any atom is 0.229 e. The molecule has 0 aliphatic carbocycles. The number of aromatic nitrogens is 2. The molecule has 0 bridgehead atoms. The molecule has 1 aliphatic heterocycles. The molecule has 1 fully saturated rings. The monoisotopic (exact) mass is 356 g/mol. The molecule has 138 valence electrons. The molecule has 1 saturated heterocycles. The summed E-state index contributed by atoms with van der Waals surface area (Å²) < 4.78 is 10.5. The Bertz CT molecular complexity index is 764. The van der Waals surface area contributed by atoms with Crippen LogP contribution in [0, 0.1) is 12.8 Å². The number of benzene rings is 1. The van der Waals surface area contributed by atoms with E-state index in [-0.39, 0.29) is 11.8 Å². The van der Waals surface area contributed by atoms with E-state index < -0.39 is 0 Å². The smallest absolute Gasteiger partial charge is 0.229 e. The Hall–Kier alpha value is -2.83. The van der Waals surface area contributed by atoms with Gasteiger partial charge in [0, 0.05) is 19.2 Å². The topological polar surface area (TPSA) is 76.6 Å². The van der Waals surface area contributed by atoms with E-state index in [9.17, 15) is 4.79 Å². The SMILES string of the molecule is COc1ccc(NC(=O)C2CCCN(c3ccc(C)nn3)C2)c(OC)c1. The zero-order valence-corrected chi connectivity index (χ0v) is 15.4. The number of carbonyl (C=O) groups excluding carboxylic acids is 1. The van der Waals surface area contributed by atoms with Crippen molar-refractivity contribution in [2.24, 2.45) is 5.92 Å². The van der Waals surface area contributed by atoms with Crippen LogP contribution in [0.3, 0.4) is 0 Å². The van der Waals surface area contributed by atoms with E-state index >= 15 is 0 Å². The third kappa shape index (κ3) is 4.04. The van der Waals surface area contributed by atoms with E-state index in [1.807, 2.05) is 19.1 Å². The highest BCUT2D eigenvalue weighted by atomic mass is 16.5. The molecule has 0 saturated carbocycles. The quantitative estimate of drug-likeness (QED) is 0.888. The van der Waals surface area contributed by atoms with Gasteiger partial charge in [0.15, 0.2) is 5.82 Å². The van der Waals surface area contributed by atoms with Crippen molar-refractivity contribution in [2.45, 2.75) is 19.8 Å². The minimum Gasteiger partial charge on any atom is -0.497 e. The Balaban J connectivity index is 1.69. The predicted molar refractivity (Wildman–Crippen MR) is 99.9 cm³/mol. The van der Waals surface area contributed by atoms with Crippen molar-refractivity contribution in [1.82, 2.24) is 10.2 Å². The van der Waals surface area contributed by atoms with Gasteiger partial charge in [0.05, 0.1) is 31.5 Å². The number of piperidine rings is 1. The number of amides is 1. The molecule has 3 rings (SSSR count). The number of aryl methyl sites for hydroxylation is 1. The lowest BCUT2D eigenvalue weighted by molar-refractivity contribution is -0.120. The van der Waals surface area contributed by atoms with Gasteiger partial charge < -0.3 is 19.7 Å². The van der Waals surface area contributed by atoms with Crippen LogP contribution in [0.5, 0.6) is 11.5 Å². The van der Waals surface area contributed by atoms with Crippen molar-refractivity contribution < 1.29 is 14.3 Å². The number of rotatable bonds is 5. The second-order valence-corrected chi connectivity index (χ2v) is 6.37. The van der Waals surface area contributed by atoms with Crippen LogP contribution in [-0.2, 0) is 4.79 Å². The lowest BCUT2D eigenvalue weighted by Crippen LogP contribution is -2.41. The number of ether oxygens (including phenoxy) is 2. The lowest BCUT2D eigenvalue weighted by Gasteiger charge is -2.32. The summed E-state index contributed by atoms with van der Waals surface area (Å²) in [6.45, 7) is 3.42. The molecule has 1 N–H and O–H groups in total. The Morgan fingerprint density at radius 1 is 1.19 bits per heavy atom. The zero-order chi connectivity index (χ0) is 18.5. The maximum atomic E-state index is 12.8. The van der Waals surface area contributed by atoms with Crippen LogP contribution in [0.15, 0.2) is 30.3 Å². The van der Waals surface area contributed by atoms with Crippen LogP contribution in [0.4, 0.5) is 11.5 Å². The van der Waals surface area contributed by atoms with Gasteiger partial charge in [-0.3, -0.25) is 4.79 Å². The van der Waals surface area contributed by atoms with E-state index in [1.54, 1.807) is 32.4 Å². The van der Waals surface area contributed by atoms with Crippen molar-refractivity contribution >= 4 is 17.4 Å². The molecule has 26 heavy (non-hydrogen) atoms. The van der Waals surface area contributed by atoms with Crippen molar-refractivity contribution in [3.8, 4) is 11.5 Å². The van der Waals surface area contributed by atoms with Crippen LogP contribution < -0.4 is 19.7 Å². The number of anilines is 2. The van der Waals surface area contributed by atoms with Gasteiger partial charge in [-0.15, -0.1) is 5.10 Å². The van der Waals surface area contributed by atoms with Crippen LogP contribution in [-0.4, -0.2) is 43.4 Å². The van der Waals surface area contributed by atoms with Gasteiger partial charge >= 0.3 is 0 Å². The molecule has 1 aromatic carbocycles. The Labute approximate surface area is 153 Å². The van der Waals surface area contributed by atoms with Crippen molar-refractivity contribution in [3.63, 3.8) is 0 Å². The Morgan fingerprint density at radius 3 is 2.73 bits per heavy atom. The maximum absolute atomic E-state index is 12.8. The van der Waals surface area contributed by atoms with Gasteiger partial charge in [-0.05, 0) is 44.0 Å². The highest BCUT2D eigenvalue weighted by Crippen LogP contribution is 2.30. The summed E-state index contributed by atoms with van der Waals surface area (Å²) in [5, 5.41) is 11.3. The number of carbonyl (C=O) groups is 1. The van der Waals surface area contributed by atoms with Gasteiger partial charge in [0.25, 0.3) is 0 Å². The van der Waals surface area contributed by atoms with Gasteiger partial charge in [0.2, 0.25) is 5.91 Å². The summed E-state index contributed by atoms with van der Waals surface area (Å²) in [5.74, 6) is 1.95. The summed E-state index contributed by atoms with van der Waals surface area (Å²) in [6, 6.07) is 9.24. The number of hydrogen-bond donors (Lipinski definition) is 1. The molecule has 0 spiro atoms. The predicted octanol–water partition coefficient (Wildman–Crippen LogP) is 2.66. The number of nitrogens with one attached hydrogen (secondary N) is 1. The average molecular weight is 356 g/mol. The van der Waals surface area contributed by atoms with E-state index in [2.05, 4.69) is 20.4 Å². The molecule has 1 aromatic heterocycles. The second kappa shape index (κ2) is 8.03. The zero-order valence-electron chi connectivity index (χ0n) is 15.4. The Morgan fingerprint density at radius 2 is 2.04 bits per heavy atom. The molecule has 7 nitrogen and oxygen atoms in total. The van der Waals surface area contributed by atoms with Gasteiger partial charge in [-0.25, -0.2) is 0 Å². The second-order valence-electron chi connectivity index (χ2n) is 6.37. The van der Waals surface area contributed by atoms with Gasteiger partial charge in [-0.1, -0.05) is 0 Å². The summed E-state index contributed by atoms with van der Waals surface area (Å²) in [7, 11) is 3.17. The summed E-state index contributed by atoms with van der Waals surface area (Å²) in [5.41, 5.74) is 1.53. The fourth-order valence-electron chi connectivity index (χ4n) is 3.10. The normalized spacial score (nSPS) is 16.9. The highest BCUT2D eigenvalue weighted by molar-refractivity contribution is 5.94. The average Bonchev–Trinajstić information content (AvgIpc) is 2.69. The largest absolute Gasteiger partial charge is 0.497 e. The van der Waals surface area contributed by atoms with Crippen LogP contribution >= 0.6 is 0 Å². The molecule has 2 heterocycles. The number of hydrogen-bond acceptors (Lipinski definition) is 6. The molecule has 7 heteroatoms. The first-order valence-electron chi connectivity index (χ1n) is 8.69.